The molecule has 0 amide bonds. The monoisotopic (exact) mass is 330 g/mol. The first-order valence-corrected chi connectivity index (χ1v) is 9.78. The van der Waals surface area contributed by atoms with Crippen LogP contribution in [0.4, 0.5) is 0 Å². The van der Waals surface area contributed by atoms with E-state index >= 15 is 0 Å². The quantitative estimate of drug-likeness (QED) is 0.625. The Balaban J connectivity index is 1.85. The molecule has 2 saturated carbocycles. The van der Waals surface area contributed by atoms with Crippen molar-refractivity contribution in [2.24, 2.45) is 17.3 Å². The number of ketones is 1. The zero-order valence-electron chi connectivity index (χ0n) is 16.0. The molecular formula is C22H34O2. The first-order valence-electron chi connectivity index (χ1n) is 9.78. The molecule has 0 heterocycles. The molecule has 0 N–H and O–H groups in total. The molecule has 0 aromatic heterocycles. The SMILES string of the molecule is C=CCCC1=C2C[C@H]3CC[C@@H](OC(C)(C)C)[C@]3(C)C[C@@H]2CCC1=O. The lowest BCUT2D eigenvalue weighted by Crippen LogP contribution is -2.44. The minimum Gasteiger partial charge on any atom is -0.372 e. The van der Waals surface area contributed by atoms with Crippen molar-refractivity contribution in [1.82, 2.24) is 0 Å². The third-order valence-corrected chi connectivity index (χ3v) is 6.63. The molecule has 2 fully saturated rings. The number of allylic oxidation sites excluding steroid dienone is 3. The van der Waals surface area contributed by atoms with Crippen LogP contribution in [-0.4, -0.2) is 17.5 Å². The van der Waals surface area contributed by atoms with Crippen LogP contribution in [0.5, 0.6) is 0 Å². The van der Waals surface area contributed by atoms with E-state index in [1.165, 1.54) is 24.8 Å². The molecule has 3 aliphatic rings. The molecule has 3 rings (SSSR count). The van der Waals surface area contributed by atoms with Gasteiger partial charge in [-0.3, -0.25) is 4.79 Å². The number of ether oxygens (including phenoxy) is 1. The summed E-state index contributed by atoms with van der Waals surface area (Å²) in [5.74, 6) is 1.70. The third-order valence-electron chi connectivity index (χ3n) is 6.63. The molecule has 134 valence electrons. The van der Waals surface area contributed by atoms with Gasteiger partial charge in [-0.1, -0.05) is 18.6 Å². The van der Waals surface area contributed by atoms with Crippen molar-refractivity contribution in [2.75, 3.05) is 0 Å². The Hall–Kier alpha value is -0.890. The van der Waals surface area contributed by atoms with Gasteiger partial charge in [-0.25, -0.2) is 0 Å². The molecule has 4 atom stereocenters. The number of fused-ring (bicyclic) bond motifs is 2. The molecule has 3 aliphatic carbocycles. The van der Waals surface area contributed by atoms with Crippen LogP contribution in [0.25, 0.3) is 0 Å². The average Bonchev–Trinajstić information content (AvgIpc) is 2.79. The number of hydrogen-bond acceptors (Lipinski definition) is 2. The maximum absolute atomic E-state index is 12.5. The van der Waals surface area contributed by atoms with Crippen molar-refractivity contribution in [2.45, 2.75) is 90.8 Å². The highest BCUT2D eigenvalue weighted by atomic mass is 16.5. The van der Waals surface area contributed by atoms with E-state index in [0.717, 1.165) is 37.7 Å². The van der Waals surface area contributed by atoms with Gasteiger partial charge in [0, 0.05) is 6.42 Å². The van der Waals surface area contributed by atoms with Gasteiger partial charge in [0.1, 0.15) is 0 Å². The van der Waals surface area contributed by atoms with Crippen LogP contribution in [-0.2, 0) is 9.53 Å². The maximum atomic E-state index is 12.5. The third kappa shape index (κ3) is 3.27. The van der Waals surface area contributed by atoms with Gasteiger partial charge in [0.25, 0.3) is 0 Å². The van der Waals surface area contributed by atoms with Crippen molar-refractivity contribution >= 4 is 5.78 Å². The summed E-state index contributed by atoms with van der Waals surface area (Å²) in [7, 11) is 0. The van der Waals surface area contributed by atoms with Crippen LogP contribution >= 0.6 is 0 Å². The fourth-order valence-electron chi connectivity index (χ4n) is 5.44. The number of Topliss-reactive ketones (excluding diaryl/α,β-unsaturated/α-hetero) is 1. The first-order chi connectivity index (χ1) is 11.2. The molecule has 2 heteroatoms. The normalized spacial score (nSPS) is 36.5. The fourth-order valence-corrected chi connectivity index (χ4v) is 5.44. The summed E-state index contributed by atoms with van der Waals surface area (Å²) in [6.07, 6.45) is 10.7. The Morgan fingerprint density at radius 2 is 2.04 bits per heavy atom. The van der Waals surface area contributed by atoms with Crippen molar-refractivity contribution in [3.8, 4) is 0 Å². The average molecular weight is 331 g/mol. The summed E-state index contributed by atoms with van der Waals surface area (Å²) in [6, 6.07) is 0. The second kappa shape index (κ2) is 6.44. The van der Waals surface area contributed by atoms with Crippen LogP contribution in [0.1, 0.15) is 79.1 Å². The predicted octanol–water partition coefficient (Wildman–Crippen LogP) is 5.62. The van der Waals surface area contributed by atoms with E-state index in [-0.39, 0.29) is 11.0 Å². The van der Waals surface area contributed by atoms with Crippen LogP contribution in [0.3, 0.4) is 0 Å². The van der Waals surface area contributed by atoms with Gasteiger partial charge in [0.2, 0.25) is 0 Å². The zero-order valence-corrected chi connectivity index (χ0v) is 16.0. The molecular weight excluding hydrogens is 296 g/mol. The van der Waals surface area contributed by atoms with E-state index < -0.39 is 0 Å². The molecule has 24 heavy (non-hydrogen) atoms. The van der Waals surface area contributed by atoms with Gasteiger partial charge < -0.3 is 4.74 Å². The molecule has 0 aromatic carbocycles. The Bertz CT molecular complexity index is 551. The molecule has 0 bridgehead atoms. The van der Waals surface area contributed by atoms with E-state index in [1.807, 2.05) is 6.08 Å². The molecule has 0 saturated heterocycles. The van der Waals surface area contributed by atoms with Crippen molar-refractivity contribution in [1.29, 1.82) is 0 Å². The minimum absolute atomic E-state index is 0.0731. The van der Waals surface area contributed by atoms with Crippen LogP contribution in [0, 0.1) is 17.3 Å². The van der Waals surface area contributed by atoms with Gasteiger partial charge >= 0.3 is 0 Å². The van der Waals surface area contributed by atoms with Crippen molar-refractivity contribution in [3.05, 3.63) is 23.8 Å². The highest BCUT2D eigenvalue weighted by molar-refractivity contribution is 5.97. The molecule has 0 spiro atoms. The Labute approximate surface area is 147 Å². The van der Waals surface area contributed by atoms with E-state index in [4.69, 9.17) is 4.74 Å². The Kier molecular flexibility index (Phi) is 4.81. The lowest BCUT2D eigenvalue weighted by Gasteiger charge is -2.48. The van der Waals surface area contributed by atoms with E-state index in [1.54, 1.807) is 0 Å². The Morgan fingerprint density at radius 3 is 2.71 bits per heavy atom. The van der Waals surface area contributed by atoms with Gasteiger partial charge in [-0.15, -0.1) is 6.58 Å². The van der Waals surface area contributed by atoms with Crippen molar-refractivity contribution in [3.63, 3.8) is 0 Å². The van der Waals surface area contributed by atoms with E-state index in [2.05, 4.69) is 34.3 Å². The van der Waals surface area contributed by atoms with Gasteiger partial charge in [-0.2, -0.15) is 0 Å². The largest absolute Gasteiger partial charge is 0.372 e. The van der Waals surface area contributed by atoms with E-state index in [9.17, 15) is 4.79 Å². The topological polar surface area (TPSA) is 26.3 Å². The lowest BCUT2D eigenvalue weighted by atomic mass is 9.59. The van der Waals surface area contributed by atoms with Gasteiger partial charge in [0.05, 0.1) is 11.7 Å². The summed E-state index contributed by atoms with van der Waals surface area (Å²) in [5.41, 5.74) is 2.88. The standard InChI is InChI=1S/C22H34O2/c1-6-7-8-17-18-13-16-10-12-20(24-21(2,3)4)22(16,5)14-15(18)9-11-19(17)23/h6,15-16,20H,1,7-14H2,2-5H3/t15-,16+,20+,22+/m0/s1. The predicted molar refractivity (Wildman–Crippen MR) is 98.9 cm³/mol. The van der Waals surface area contributed by atoms with Crippen LogP contribution in [0.2, 0.25) is 0 Å². The summed E-state index contributed by atoms with van der Waals surface area (Å²) in [4.78, 5) is 12.5. The summed E-state index contributed by atoms with van der Waals surface area (Å²) in [6.45, 7) is 12.8. The maximum Gasteiger partial charge on any atom is 0.158 e. The second-order valence-electron chi connectivity index (χ2n) is 9.40. The molecule has 0 radical (unpaired) electrons. The van der Waals surface area contributed by atoms with Crippen LogP contribution in [0.15, 0.2) is 23.8 Å². The molecule has 0 aliphatic heterocycles. The highest BCUT2D eigenvalue weighted by Gasteiger charge is 2.53. The number of hydrogen-bond donors (Lipinski definition) is 0. The number of carbonyl (C=O) groups excluding carboxylic acids is 1. The number of rotatable bonds is 4. The second-order valence-corrected chi connectivity index (χ2v) is 9.40. The minimum atomic E-state index is -0.0731. The van der Waals surface area contributed by atoms with Gasteiger partial charge in [-0.05, 0) is 88.5 Å². The summed E-state index contributed by atoms with van der Waals surface area (Å²) in [5, 5.41) is 0. The van der Waals surface area contributed by atoms with Crippen molar-refractivity contribution < 1.29 is 9.53 Å². The lowest BCUT2D eigenvalue weighted by molar-refractivity contribution is -0.121. The zero-order chi connectivity index (χ0) is 17.5. The Morgan fingerprint density at radius 1 is 1.29 bits per heavy atom. The van der Waals surface area contributed by atoms with Gasteiger partial charge in [0.15, 0.2) is 5.78 Å². The number of carbonyl (C=O) groups is 1. The van der Waals surface area contributed by atoms with Crippen LogP contribution < -0.4 is 0 Å². The van der Waals surface area contributed by atoms with E-state index in [0.29, 0.717) is 23.7 Å². The molecule has 0 aromatic rings. The highest BCUT2D eigenvalue weighted by Crippen LogP contribution is 2.59. The summed E-state index contributed by atoms with van der Waals surface area (Å²) >= 11 is 0. The molecule has 0 unspecified atom stereocenters. The smallest absolute Gasteiger partial charge is 0.158 e. The fraction of sp³-hybridized carbons (Fsp3) is 0.773. The first kappa shape index (κ1) is 17.9. The molecule has 2 nitrogen and oxygen atoms in total. The summed E-state index contributed by atoms with van der Waals surface area (Å²) < 4.78 is 6.47.